The minimum atomic E-state index is 0.0951. The normalized spacial score (nSPS) is 19.2. The predicted octanol–water partition coefficient (Wildman–Crippen LogP) is 4.55. The standard InChI is InChI=1S/C26H32N2O3/c1-20-8-5-10-22(16-20)26(30)28-15-7-9-21(18-28)19-31-24-12-6-11-23(17-24)25(29)27-13-3-2-4-14-27/h5-6,8,10-12,16-17,21H,2-4,7,9,13-15,18-19H2,1H3. The lowest BCUT2D eigenvalue weighted by Crippen LogP contribution is -2.41. The van der Waals surface area contributed by atoms with E-state index in [4.69, 9.17) is 4.74 Å². The summed E-state index contributed by atoms with van der Waals surface area (Å²) in [5, 5.41) is 0. The lowest BCUT2D eigenvalue weighted by atomic mass is 9.98. The molecule has 31 heavy (non-hydrogen) atoms. The summed E-state index contributed by atoms with van der Waals surface area (Å²) < 4.78 is 6.07. The zero-order chi connectivity index (χ0) is 21.6. The lowest BCUT2D eigenvalue weighted by molar-refractivity contribution is 0.0631. The molecule has 5 heteroatoms. The Hall–Kier alpha value is -2.82. The molecule has 2 aromatic rings. The van der Waals surface area contributed by atoms with Gasteiger partial charge in [0.25, 0.3) is 11.8 Å². The molecule has 2 aromatic carbocycles. The lowest BCUT2D eigenvalue weighted by Gasteiger charge is -2.33. The van der Waals surface area contributed by atoms with Gasteiger partial charge >= 0.3 is 0 Å². The molecule has 2 saturated heterocycles. The van der Waals surface area contributed by atoms with Gasteiger partial charge in [0.05, 0.1) is 6.61 Å². The van der Waals surface area contributed by atoms with Crippen LogP contribution in [0, 0.1) is 12.8 Å². The minimum Gasteiger partial charge on any atom is -0.493 e. The molecule has 2 heterocycles. The Morgan fingerprint density at radius 2 is 1.55 bits per heavy atom. The van der Waals surface area contributed by atoms with Crippen molar-refractivity contribution >= 4 is 11.8 Å². The smallest absolute Gasteiger partial charge is 0.253 e. The molecule has 1 atom stereocenters. The van der Waals surface area contributed by atoms with Crippen molar-refractivity contribution in [3.63, 3.8) is 0 Å². The number of ether oxygens (including phenoxy) is 1. The third-order valence-electron chi connectivity index (χ3n) is 6.28. The van der Waals surface area contributed by atoms with Crippen molar-refractivity contribution in [1.82, 2.24) is 9.80 Å². The van der Waals surface area contributed by atoms with Crippen molar-refractivity contribution < 1.29 is 14.3 Å². The summed E-state index contributed by atoms with van der Waals surface area (Å²) in [5.41, 5.74) is 2.55. The SMILES string of the molecule is Cc1cccc(C(=O)N2CCCC(COc3cccc(C(=O)N4CCCCC4)c3)C2)c1. The van der Waals surface area contributed by atoms with E-state index in [1.54, 1.807) is 0 Å². The summed E-state index contributed by atoms with van der Waals surface area (Å²) in [6, 6.07) is 15.3. The summed E-state index contributed by atoms with van der Waals surface area (Å²) in [7, 11) is 0. The van der Waals surface area contributed by atoms with E-state index < -0.39 is 0 Å². The van der Waals surface area contributed by atoms with Crippen LogP contribution in [0.4, 0.5) is 0 Å². The van der Waals surface area contributed by atoms with E-state index in [0.29, 0.717) is 24.6 Å². The molecule has 1 unspecified atom stereocenters. The van der Waals surface area contributed by atoms with E-state index in [2.05, 4.69) is 0 Å². The van der Waals surface area contributed by atoms with Crippen LogP contribution in [-0.2, 0) is 0 Å². The molecule has 0 aliphatic carbocycles. The van der Waals surface area contributed by atoms with E-state index >= 15 is 0 Å². The van der Waals surface area contributed by atoms with Crippen LogP contribution in [0.2, 0.25) is 0 Å². The largest absolute Gasteiger partial charge is 0.493 e. The van der Waals surface area contributed by atoms with Crippen LogP contribution in [0.1, 0.15) is 58.4 Å². The Bertz CT molecular complexity index is 920. The van der Waals surface area contributed by atoms with Crippen LogP contribution in [0.15, 0.2) is 48.5 Å². The molecule has 0 radical (unpaired) electrons. The van der Waals surface area contributed by atoms with Gasteiger partial charge in [-0.05, 0) is 69.4 Å². The molecule has 0 N–H and O–H groups in total. The van der Waals surface area contributed by atoms with E-state index in [1.807, 2.05) is 65.3 Å². The Kier molecular flexibility index (Phi) is 6.90. The highest BCUT2D eigenvalue weighted by molar-refractivity contribution is 5.95. The van der Waals surface area contributed by atoms with Gasteiger partial charge in [0, 0.05) is 43.2 Å². The molecule has 0 spiro atoms. The minimum absolute atomic E-state index is 0.0951. The molecule has 5 nitrogen and oxygen atoms in total. The van der Waals surface area contributed by atoms with E-state index in [1.165, 1.54) is 6.42 Å². The number of carbonyl (C=O) groups excluding carboxylic acids is 2. The molecule has 4 rings (SSSR count). The van der Waals surface area contributed by atoms with Gasteiger partial charge in [-0.15, -0.1) is 0 Å². The second-order valence-electron chi connectivity index (χ2n) is 8.82. The number of carbonyl (C=O) groups is 2. The maximum atomic E-state index is 12.9. The van der Waals surface area contributed by atoms with Crippen molar-refractivity contribution in [3.8, 4) is 5.75 Å². The van der Waals surface area contributed by atoms with Gasteiger partial charge in [-0.1, -0.05) is 23.8 Å². The quantitative estimate of drug-likeness (QED) is 0.713. The summed E-state index contributed by atoms with van der Waals surface area (Å²) in [6.45, 7) is 5.75. The van der Waals surface area contributed by atoms with Crippen LogP contribution >= 0.6 is 0 Å². The Morgan fingerprint density at radius 3 is 2.32 bits per heavy atom. The number of aryl methyl sites for hydroxylation is 1. The van der Waals surface area contributed by atoms with Gasteiger partial charge in [-0.3, -0.25) is 9.59 Å². The van der Waals surface area contributed by atoms with Crippen molar-refractivity contribution in [2.24, 2.45) is 5.92 Å². The summed E-state index contributed by atoms with van der Waals surface area (Å²) in [6.07, 6.45) is 5.41. The van der Waals surface area contributed by atoms with Gasteiger partial charge in [0.2, 0.25) is 0 Å². The van der Waals surface area contributed by atoms with Crippen molar-refractivity contribution in [2.75, 3.05) is 32.8 Å². The number of hydrogen-bond donors (Lipinski definition) is 0. The fourth-order valence-corrected chi connectivity index (χ4v) is 4.56. The third-order valence-corrected chi connectivity index (χ3v) is 6.28. The first-order valence-electron chi connectivity index (χ1n) is 11.5. The average Bonchev–Trinajstić information content (AvgIpc) is 2.83. The molecule has 2 aliphatic heterocycles. The summed E-state index contributed by atoms with van der Waals surface area (Å²) in [4.78, 5) is 29.5. The van der Waals surface area contributed by atoms with E-state index in [0.717, 1.165) is 62.2 Å². The maximum absolute atomic E-state index is 12.9. The molecule has 2 fully saturated rings. The van der Waals surface area contributed by atoms with Crippen LogP contribution < -0.4 is 4.74 Å². The van der Waals surface area contributed by atoms with Crippen LogP contribution in [-0.4, -0.2) is 54.4 Å². The van der Waals surface area contributed by atoms with E-state index in [-0.39, 0.29) is 11.8 Å². The number of benzene rings is 2. The first kappa shape index (κ1) is 21.4. The highest BCUT2D eigenvalue weighted by Crippen LogP contribution is 2.22. The topological polar surface area (TPSA) is 49.9 Å². The fraction of sp³-hybridized carbons (Fsp3) is 0.462. The highest BCUT2D eigenvalue weighted by Gasteiger charge is 2.25. The Morgan fingerprint density at radius 1 is 0.871 bits per heavy atom. The van der Waals surface area contributed by atoms with Crippen molar-refractivity contribution in [2.45, 2.75) is 39.0 Å². The van der Waals surface area contributed by atoms with Crippen LogP contribution in [0.25, 0.3) is 0 Å². The van der Waals surface area contributed by atoms with Crippen molar-refractivity contribution in [1.29, 1.82) is 0 Å². The van der Waals surface area contributed by atoms with Gasteiger partial charge in [0.1, 0.15) is 5.75 Å². The fourth-order valence-electron chi connectivity index (χ4n) is 4.56. The summed E-state index contributed by atoms with van der Waals surface area (Å²) >= 11 is 0. The van der Waals surface area contributed by atoms with E-state index in [9.17, 15) is 9.59 Å². The van der Waals surface area contributed by atoms with Gasteiger partial charge in [-0.25, -0.2) is 0 Å². The zero-order valence-corrected chi connectivity index (χ0v) is 18.4. The number of hydrogen-bond acceptors (Lipinski definition) is 3. The zero-order valence-electron chi connectivity index (χ0n) is 18.4. The molecule has 0 bridgehead atoms. The van der Waals surface area contributed by atoms with Crippen LogP contribution in [0.5, 0.6) is 5.75 Å². The molecule has 0 aromatic heterocycles. The highest BCUT2D eigenvalue weighted by atomic mass is 16.5. The van der Waals surface area contributed by atoms with Gasteiger partial charge in [-0.2, -0.15) is 0 Å². The number of rotatable bonds is 5. The molecule has 2 amide bonds. The predicted molar refractivity (Wildman–Crippen MR) is 121 cm³/mol. The second-order valence-corrected chi connectivity index (χ2v) is 8.82. The molecular weight excluding hydrogens is 388 g/mol. The molecule has 2 aliphatic rings. The van der Waals surface area contributed by atoms with Gasteiger partial charge < -0.3 is 14.5 Å². The van der Waals surface area contributed by atoms with Crippen LogP contribution in [0.3, 0.4) is 0 Å². The van der Waals surface area contributed by atoms with Gasteiger partial charge in [0.15, 0.2) is 0 Å². The first-order chi connectivity index (χ1) is 15.1. The summed E-state index contributed by atoms with van der Waals surface area (Å²) in [5.74, 6) is 1.22. The number of amides is 2. The average molecular weight is 421 g/mol. The number of piperidine rings is 2. The molecular formula is C26H32N2O3. The third kappa shape index (κ3) is 5.46. The molecule has 0 saturated carbocycles. The second kappa shape index (κ2) is 9.99. The maximum Gasteiger partial charge on any atom is 0.253 e. The van der Waals surface area contributed by atoms with Crippen molar-refractivity contribution in [3.05, 3.63) is 65.2 Å². The number of likely N-dealkylation sites (tertiary alicyclic amines) is 2. The first-order valence-corrected chi connectivity index (χ1v) is 11.5. The molecule has 164 valence electrons. The Labute approximate surface area is 185 Å². The number of nitrogens with zero attached hydrogens (tertiary/aromatic N) is 2. The Balaban J connectivity index is 1.33. The monoisotopic (exact) mass is 420 g/mol.